The molecule has 0 saturated carbocycles. The Labute approximate surface area is 278 Å². The van der Waals surface area contributed by atoms with Crippen LogP contribution >= 0.6 is 0 Å². The first-order valence-corrected chi connectivity index (χ1v) is 16.9. The lowest BCUT2D eigenvalue weighted by Crippen LogP contribution is -2.23. The summed E-state index contributed by atoms with van der Waals surface area (Å²) < 4.78 is 0. The van der Waals surface area contributed by atoms with Crippen molar-refractivity contribution in [1.29, 1.82) is 0 Å². The molecule has 228 valence electrons. The average molecular weight is 606 g/mol. The molecule has 7 aromatic carbocycles. The number of benzene rings is 7. The van der Waals surface area contributed by atoms with Crippen LogP contribution in [0.5, 0.6) is 0 Å². The highest BCUT2D eigenvalue weighted by atomic mass is 15.1. The second-order valence-electron chi connectivity index (χ2n) is 12.8. The molecule has 0 aliphatic heterocycles. The highest BCUT2D eigenvalue weighted by Gasteiger charge is 2.43. The van der Waals surface area contributed by atoms with E-state index in [0.29, 0.717) is 0 Å². The van der Waals surface area contributed by atoms with E-state index in [4.69, 9.17) is 0 Å². The van der Waals surface area contributed by atoms with Crippen LogP contribution in [0.4, 0.5) is 17.1 Å². The third-order valence-electron chi connectivity index (χ3n) is 10.4. The van der Waals surface area contributed by atoms with Gasteiger partial charge in [0.1, 0.15) is 0 Å². The molecule has 0 fully saturated rings. The molecule has 0 saturated heterocycles. The maximum absolute atomic E-state index is 2.51. The summed E-state index contributed by atoms with van der Waals surface area (Å²) in [6.07, 6.45) is 2.12. The molecule has 8 rings (SSSR count). The fraction of sp³-hybridized carbons (Fsp3) is 0.130. The molecule has 0 unspecified atom stereocenters. The Balaban J connectivity index is 1.39. The number of hydrogen-bond acceptors (Lipinski definition) is 1. The number of aryl methyl sites for hydroxylation is 1. The molecule has 1 aliphatic rings. The zero-order valence-corrected chi connectivity index (χ0v) is 27.4. The van der Waals surface area contributed by atoms with Gasteiger partial charge in [0, 0.05) is 27.7 Å². The van der Waals surface area contributed by atoms with E-state index in [-0.39, 0.29) is 5.41 Å². The third kappa shape index (κ3) is 4.69. The molecule has 0 N–H and O–H groups in total. The molecule has 0 aromatic heterocycles. The summed E-state index contributed by atoms with van der Waals surface area (Å²) in [5.74, 6) is 0. The molecule has 0 amide bonds. The Morgan fingerprint density at radius 1 is 0.489 bits per heavy atom. The van der Waals surface area contributed by atoms with Crippen LogP contribution in [-0.4, -0.2) is 0 Å². The molecule has 0 heterocycles. The topological polar surface area (TPSA) is 3.24 Å². The van der Waals surface area contributed by atoms with E-state index < -0.39 is 0 Å². The first-order chi connectivity index (χ1) is 23.1. The SMILES string of the molecule is CCC1(CC)c2ccccc2-c2c1cc1ccccc1c2N(c1ccc(-c2ccccc2-c2ccccc2)cc1)c1cccc(C)c1. The number of nitrogens with zero attached hydrogens (tertiary/aromatic N) is 1. The maximum Gasteiger partial charge on any atom is 0.0621 e. The fourth-order valence-electron chi connectivity index (χ4n) is 8.05. The monoisotopic (exact) mass is 605 g/mol. The second-order valence-corrected chi connectivity index (χ2v) is 12.8. The molecular formula is C46H39N. The van der Waals surface area contributed by atoms with Crippen LogP contribution < -0.4 is 4.90 Å². The Kier molecular flexibility index (Phi) is 7.26. The van der Waals surface area contributed by atoms with Gasteiger partial charge in [0.05, 0.1) is 5.69 Å². The molecule has 0 spiro atoms. The number of anilines is 3. The quantitative estimate of drug-likeness (QED) is 0.175. The van der Waals surface area contributed by atoms with Crippen LogP contribution in [0, 0.1) is 6.92 Å². The van der Waals surface area contributed by atoms with Gasteiger partial charge in [-0.1, -0.05) is 141 Å². The van der Waals surface area contributed by atoms with Gasteiger partial charge in [0.2, 0.25) is 0 Å². The van der Waals surface area contributed by atoms with Gasteiger partial charge in [-0.15, -0.1) is 0 Å². The minimum absolute atomic E-state index is 0.0199. The van der Waals surface area contributed by atoms with Crippen molar-refractivity contribution in [3.05, 3.63) is 174 Å². The first-order valence-electron chi connectivity index (χ1n) is 16.9. The van der Waals surface area contributed by atoms with Gasteiger partial charge >= 0.3 is 0 Å². The van der Waals surface area contributed by atoms with Crippen LogP contribution in [-0.2, 0) is 5.41 Å². The average Bonchev–Trinajstić information content (AvgIpc) is 3.41. The van der Waals surface area contributed by atoms with Crippen molar-refractivity contribution < 1.29 is 0 Å². The zero-order valence-electron chi connectivity index (χ0n) is 27.4. The van der Waals surface area contributed by atoms with Gasteiger partial charge in [0.15, 0.2) is 0 Å². The third-order valence-corrected chi connectivity index (χ3v) is 10.4. The smallest absolute Gasteiger partial charge is 0.0621 e. The maximum atomic E-state index is 2.51. The summed E-state index contributed by atoms with van der Waals surface area (Å²) in [7, 11) is 0. The standard InChI is InChI=1S/C46H39N/c1-4-46(5-2)42-25-14-13-24-41(42)44-43(46)31-35-19-9-10-23-40(35)45(44)47(37-20-15-16-32(3)30-37)36-28-26-34(27-29-36)39-22-12-11-21-38(39)33-17-7-6-8-18-33/h6-31H,4-5H2,1-3H3. The van der Waals surface area contributed by atoms with E-state index >= 15 is 0 Å². The molecule has 7 aromatic rings. The highest BCUT2D eigenvalue weighted by Crippen LogP contribution is 2.59. The minimum Gasteiger partial charge on any atom is -0.309 e. The summed E-state index contributed by atoms with van der Waals surface area (Å²) in [5.41, 5.74) is 15.4. The lowest BCUT2D eigenvalue weighted by atomic mass is 9.73. The van der Waals surface area contributed by atoms with E-state index in [1.54, 1.807) is 0 Å². The van der Waals surface area contributed by atoms with E-state index in [0.717, 1.165) is 18.5 Å². The normalized spacial score (nSPS) is 12.9. The molecule has 1 aliphatic carbocycles. The van der Waals surface area contributed by atoms with Gasteiger partial charge in [-0.2, -0.15) is 0 Å². The van der Waals surface area contributed by atoms with E-state index in [1.807, 2.05) is 0 Å². The van der Waals surface area contributed by atoms with Crippen molar-refractivity contribution >= 4 is 27.8 Å². The Morgan fingerprint density at radius 2 is 1.11 bits per heavy atom. The van der Waals surface area contributed by atoms with Crippen molar-refractivity contribution in [3.8, 4) is 33.4 Å². The van der Waals surface area contributed by atoms with Crippen LogP contribution in [0.2, 0.25) is 0 Å². The van der Waals surface area contributed by atoms with Crippen LogP contribution in [0.3, 0.4) is 0 Å². The predicted molar refractivity (Wildman–Crippen MR) is 201 cm³/mol. The molecule has 47 heavy (non-hydrogen) atoms. The van der Waals surface area contributed by atoms with E-state index in [2.05, 4.69) is 183 Å². The van der Waals surface area contributed by atoms with Crippen LogP contribution in [0.1, 0.15) is 43.4 Å². The molecule has 0 radical (unpaired) electrons. The minimum atomic E-state index is -0.0199. The van der Waals surface area contributed by atoms with Crippen molar-refractivity contribution in [2.75, 3.05) is 4.90 Å². The zero-order chi connectivity index (χ0) is 32.0. The van der Waals surface area contributed by atoms with Crippen molar-refractivity contribution in [2.24, 2.45) is 0 Å². The summed E-state index contributed by atoms with van der Waals surface area (Å²) >= 11 is 0. The summed E-state index contributed by atoms with van der Waals surface area (Å²) in [5, 5.41) is 2.55. The fourth-order valence-corrected chi connectivity index (χ4v) is 8.05. The number of rotatable bonds is 7. The summed E-state index contributed by atoms with van der Waals surface area (Å²) in [4.78, 5) is 2.51. The van der Waals surface area contributed by atoms with E-state index in [1.165, 1.54) is 72.2 Å². The van der Waals surface area contributed by atoms with Crippen molar-refractivity contribution in [3.63, 3.8) is 0 Å². The summed E-state index contributed by atoms with van der Waals surface area (Å²) in [6.45, 7) is 6.90. The van der Waals surface area contributed by atoms with Gasteiger partial charge in [-0.3, -0.25) is 0 Å². The highest BCUT2D eigenvalue weighted by molar-refractivity contribution is 6.10. The lowest BCUT2D eigenvalue weighted by molar-refractivity contribution is 0.491. The summed E-state index contributed by atoms with van der Waals surface area (Å²) in [6, 6.07) is 58.1. The Morgan fingerprint density at radius 3 is 1.81 bits per heavy atom. The van der Waals surface area contributed by atoms with Crippen molar-refractivity contribution in [1.82, 2.24) is 0 Å². The molecule has 1 nitrogen and oxygen atoms in total. The van der Waals surface area contributed by atoms with Crippen LogP contribution in [0.15, 0.2) is 158 Å². The van der Waals surface area contributed by atoms with Gasteiger partial charge < -0.3 is 4.90 Å². The van der Waals surface area contributed by atoms with Crippen LogP contribution in [0.25, 0.3) is 44.2 Å². The largest absolute Gasteiger partial charge is 0.309 e. The van der Waals surface area contributed by atoms with Gasteiger partial charge in [0.25, 0.3) is 0 Å². The predicted octanol–water partition coefficient (Wildman–Crippen LogP) is 13.0. The molecule has 0 atom stereocenters. The van der Waals surface area contributed by atoms with Gasteiger partial charge in [-0.05, 0) is 100.0 Å². The Bertz CT molecular complexity index is 2220. The number of fused-ring (bicyclic) bond motifs is 4. The van der Waals surface area contributed by atoms with Gasteiger partial charge in [-0.25, -0.2) is 0 Å². The molecular weight excluding hydrogens is 567 g/mol. The second kappa shape index (κ2) is 11.8. The number of hydrogen-bond donors (Lipinski definition) is 0. The first kappa shape index (κ1) is 29.0. The van der Waals surface area contributed by atoms with Crippen molar-refractivity contribution in [2.45, 2.75) is 39.0 Å². The Hall–Kier alpha value is -5.40. The molecule has 1 heteroatoms. The lowest BCUT2D eigenvalue weighted by Gasteiger charge is -2.32. The van der Waals surface area contributed by atoms with E-state index in [9.17, 15) is 0 Å². The molecule has 0 bridgehead atoms.